The van der Waals surface area contributed by atoms with Crippen LogP contribution in [0.25, 0.3) is 0 Å². The predicted octanol–water partition coefficient (Wildman–Crippen LogP) is 2.85. The van der Waals surface area contributed by atoms with Gasteiger partial charge in [-0.05, 0) is 32.4 Å². The summed E-state index contributed by atoms with van der Waals surface area (Å²) in [6.45, 7) is 2.16. The number of nitrogens with zero attached hydrogens (tertiary/aromatic N) is 2. The molecule has 0 aliphatic heterocycles. The van der Waals surface area contributed by atoms with E-state index in [4.69, 9.17) is 4.74 Å². The SMILES string of the molecule is CCc1cc(CC(NC)C2(OC)CCCCCC2)n(C)n1. The van der Waals surface area contributed by atoms with E-state index in [1.165, 1.54) is 37.1 Å². The number of ether oxygens (including phenoxy) is 1. The molecule has 4 nitrogen and oxygen atoms in total. The molecule has 1 N–H and O–H groups in total. The fourth-order valence-corrected chi connectivity index (χ4v) is 3.72. The predicted molar refractivity (Wildman–Crippen MR) is 86.6 cm³/mol. The largest absolute Gasteiger partial charge is 0.377 e. The van der Waals surface area contributed by atoms with Crippen LogP contribution < -0.4 is 5.32 Å². The van der Waals surface area contributed by atoms with Crippen LogP contribution in [0.15, 0.2) is 6.07 Å². The Morgan fingerprint density at radius 2 is 2.00 bits per heavy atom. The van der Waals surface area contributed by atoms with E-state index >= 15 is 0 Å². The summed E-state index contributed by atoms with van der Waals surface area (Å²) in [5, 5.41) is 8.10. The van der Waals surface area contributed by atoms with Crippen molar-refractivity contribution in [1.29, 1.82) is 0 Å². The Balaban J connectivity index is 2.18. The minimum absolute atomic E-state index is 0.0259. The number of likely N-dealkylation sites (N-methyl/N-ethyl adjacent to an activating group) is 1. The molecular weight excluding hydrogens is 262 g/mol. The highest BCUT2D eigenvalue weighted by atomic mass is 16.5. The van der Waals surface area contributed by atoms with Crippen molar-refractivity contribution in [2.24, 2.45) is 7.05 Å². The average molecular weight is 293 g/mol. The lowest BCUT2D eigenvalue weighted by Gasteiger charge is -2.39. The van der Waals surface area contributed by atoms with Crippen molar-refractivity contribution in [2.45, 2.75) is 69.9 Å². The van der Waals surface area contributed by atoms with E-state index < -0.39 is 0 Å². The monoisotopic (exact) mass is 293 g/mol. The number of nitrogens with one attached hydrogen (secondary N) is 1. The Morgan fingerprint density at radius 1 is 1.33 bits per heavy atom. The number of hydrogen-bond acceptors (Lipinski definition) is 3. The molecule has 1 atom stereocenters. The van der Waals surface area contributed by atoms with Gasteiger partial charge in [0.1, 0.15) is 0 Å². The van der Waals surface area contributed by atoms with Gasteiger partial charge in [-0.2, -0.15) is 5.10 Å². The zero-order chi connectivity index (χ0) is 15.3. The van der Waals surface area contributed by atoms with Gasteiger partial charge < -0.3 is 10.1 Å². The summed E-state index contributed by atoms with van der Waals surface area (Å²) in [6.07, 6.45) is 9.53. The number of hydrogen-bond donors (Lipinski definition) is 1. The van der Waals surface area contributed by atoms with Crippen LogP contribution in [0.3, 0.4) is 0 Å². The van der Waals surface area contributed by atoms with E-state index in [0.717, 1.165) is 25.7 Å². The summed E-state index contributed by atoms with van der Waals surface area (Å²) < 4.78 is 8.10. The third-order valence-corrected chi connectivity index (χ3v) is 5.14. The molecule has 1 heterocycles. The second-order valence-corrected chi connectivity index (χ2v) is 6.33. The molecule has 1 unspecified atom stereocenters. The van der Waals surface area contributed by atoms with Crippen LogP contribution >= 0.6 is 0 Å². The molecule has 1 aromatic heterocycles. The van der Waals surface area contributed by atoms with Crippen LogP contribution in [0.5, 0.6) is 0 Å². The van der Waals surface area contributed by atoms with E-state index in [-0.39, 0.29) is 5.60 Å². The van der Waals surface area contributed by atoms with E-state index in [1.54, 1.807) is 0 Å². The number of aromatic nitrogens is 2. The van der Waals surface area contributed by atoms with Gasteiger partial charge in [-0.1, -0.05) is 32.6 Å². The topological polar surface area (TPSA) is 39.1 Å². The van der Waals surface area contributed by atoms with Crippen LogP contribution in [0, 0.1) is 0 Å². The average Bonchev–Trinajstić information content (AvgIpc) is 2.72. The zero-order valence-corrected chi connectivity index (χ0v) is 14.1. The number of methoxy groups -OCH3 is 1. The molecule has 1 aliphatic carbocycles. The molecule has 21 heavy (non-hydrogen) atoms. The Hall–Kier alpha value is -0.870. The molecule has 4 heteroatoms. The molecule has 0 amide bonds. The molecule has 0 spiro atoms. The standard InChI is InChI=1S/C17H31N3O/c1-5-14-12-15(20(3)19-14)13-16(18-2)17(21-4)10-8-6-7-9-11-17/h12,16,18H,5-11,13H2,1-4H3. The van der Waals surface area contributed by atoms with E-state index in [9.17, 15) is 0 Å². The third-order valence-electron chi connectivity index (χ3n) is 5.14. The molecule has 1 fully saturated rings. The van der Waals surface area contributed by atoms with E-state index in [2.05, 4.69) is 30.5 Å². The molecule has 120 valence electrons. The first-order chi connectivity index (χ1) is 10.1. The highest BCUT2D eigenvalue weighted by Gasteiger charge is 2.38. The molecule has 1 aliphatic rings. The third kappa shape index (κ3) is 3.67. The Bertz CT molecular complexity index is 433. The van der Waals surface area contributed by atoms with Gasteiger partial charge in [0.25, 0.3) is 0 Å². The highest BCUT2D eigenvalue weighted by molar-refractivity contribution is 5.13. The smallest absolute Gasteiger partial charge is 0.0834 e. The van der Waals surface area contributed by atoms with Crippen molar-refractivity contribution < 1.29 is 4.74 Å². The van der Waals surface area contributed by atoms with Gasteiger partial charge in [0.15, 0.2) is 0 Å². The molecule has 0 bridgehead atoms. The van der Waals surface area contributed by atoms with E-state index in [1.807, 2.05) is 18.8 Å². The van der Waals surface area contributed by atoms with E-state index in [0.29, 0.717) is 6.04 Å². The lowest BCUT2D eigenvalue weighted by Crippen LogP contribution is -2.52. The van der Waals surface area contributed by atoms with Gasteiger partial charge in [-0.25, -0.2) is 0 Å². The lowest BCUT2D eigenvalue weighted by atomic mass is 9.83. The van der Waals surface area contributed by atoms with Crippen molar-refractivity contribution in [2.75, 3.05) is 14.2 Å². The van der Waals surface area contributed by atoms with Crippen molar-refractivity contribution in [3.63, 3.8) is 0 Å². The highest BCUT2D eigenvalue weighted by Crippen LogP contribution is 2.34. The van der Waals surface area contributed by atoms with Gasteiger partial charge in [0, 0.05) is 32.3 Å². The Kier molecular flexibility index (Phi) is 5.82. The zero-order valence-electron chi connectivity index (χ0n) is 14.1. The van der Waals surface area contributed by atoms with Crippen LogP contribution in [-0.2, 0) is 24.6 Å². The van der Waals surface area contributed by atoms with Crippen LogP contribution in [-0.4, -0.2) is 35.6 Å². The first-order valence-electron chi connectivity index (χ1n) is 8.39. The normalized spacial score (nSPS) is 20.2. The molecule has 1 aromatic rings. The molecular formula is C17H31N3O. The fourth-order valence-electron chi connectivity index (χ4n) is 3.72. The van der Waals surface area contributed by atoms with Crippen LogP contribution in [0.4, 0.5) is 0 Å². The van der Waals surface area contributed by atoms with Gasteiger partial charge >= 0.3 is 0 Å². The number of rotatable bonds is 6. The summed E-state index contributed by atoms with van der Waals surface area (Å²) in [5.74, 6) is 0. The first kappa shape index (κ1) is 16.5. The van der Waals surface area contributed by atoms with Gasteiger partial charge in [-0.3, -0.25) is 4.68 Å². The van der Waals surface area contributed by atoms with Gasteiger partial charge in [-0.15, -0.1) is 0 Å². The lowest BCUT2D eigenvalue weighted by molar-refractivity contribution is -0.0512. The molecule has 0 aromatic carbocycles. The van der Waals surface area contributed by atoms with Crippen molar-refractivity contribution >= 4 is 0 Å². The minimum atomic E-state index is -0.0259. The summed E-state index contributed by atoms with van der Waals surface area (Å²) in [6, 6.07) is 2.59. The maximum Gasteiger partial charge on any atom is 0.0834 e. The Morgan fingerprint density at radius 3 is 2.48 bits per heavy atom. The van der Waals surface area contributed by atoms with Crippen molar-refractivity contribution in [3.05, 3.63) is 17.5 Å². The van der Waals surface area contributed by atoms with Crippen LogP contribution in [0.2, 0.25) is 0 Å². The summed E-state index contributed by atoms with van der Waals surface area (Å²) in [4.78, 5) is 0. The van der Waals surface area contributed by atoms with Crippen LogP contribution in [0.1, 0.15) is 56.8 Å². The van der Waals surface area contributed by atoms with Gasteiger partial charge in [0.2, 0.25) is 0 Å². The Labute approximate surface area is 129 Å². The maximum absolute atomic E-state index is 6.06. The van der Waals surface area contributed by atoms with Gasteiger partial charge in [0.05, 0.1) is 11.3 Å². The number of aryl methyl sites for hydroxylation is 2. The summed E-state index contributed by atoms with van der Waals surface area (Å²) in [7, 11) is 6.00. The molecule has 0 saturated heterocycles. The minimum Gasteiger partial charge on any atom is -0.377 e. The summed E-state index contributed by atoms with van der Waals surface area (Å²) >= 11 is 0. The molecule has 0 radical (unpaired) electrons. The fraction of sp³-hybridized carbons (Fsp3) is 0.824. The first-order valence-corrected chi connectivity index (χ1v) is 8.39. The maximum atomic E-state index is 6.06. The summed E-state index contributed by atoms with van der Waals surface area (Å²) in [5.41, 5.74) is 2.45. The van der Waals surface area contributed by atoms with Crippen molar-refractivity contribution in [3.8, 4) is 0 Å². The molecule has 1 saturated carbocycles. The van der Waals surface area contributed by atoms with Crippen molar-refractivity contribution in [1.82, 2.24) is 15.1 Å². The second-order valence-electron chi connectivity index (χ2n) is 6.33. The molecule has 2 rings (SSSR count). The second kappa shape index (κ2) is 7.41. The quantitative estimate of drug-likeness (QED) is 0.820.